The summed E-state index contributed by atoms with van der Waals surface area (Å²) in [5, 5.41) is 3.74. The van der Waals surface area contributed by atoms with Gasteiger partial charge in [-0.3, -0.25) is 4.90 Å². The van der Waals surface area contributed by atoms with Gasteiger partial charge in [0.1, 0.15) is 0 Å². The van der Waals surface area contributed by atoms with Gasteiger partial charge in [-0.1, -0.05) is 33.1 Å². The lowest BCUT2D eigenvalue weighted by Gasteiger charge is -2.36. The average Bonchev–Trinajstić information content (AvgIpc) is 2.61. The predicted molar refractivity (Wildman–Crippen MR) is 84.8 cm³/mol. The standard InChI is InChI=1S/C16H35N3/c1-5-17-15-11-8-7-9-12-16(15)19(6-2)14-10-13-18(3)4/h15-17H,5-14H2,1-4H3. The van der Waals surface area contributed by atoms with Gasteiger partial charge >= 0.3 is 0 Å². The van der Waals surface area contributed by atoms with Crippen molar-refractivity contribution in [1.82, 2.24) is 15.1 Å². The van der Waals surface area contributed by atoms with Crippen molar-refractivity contribution in [2.45, 2.75) is 64.5 Å². The van der Waals surface area contributed by atoms with Crippen LogP contribution in [0.2, 0.25) is 0 Å². The van der Waals surface area contributed by atoms with Gasteiger partial charge in [0.15, 0.2) is 0 Å². The van der Waals surface area contributed by atoms with Crippen molar-refractivity contribution in [3.63, 3.8) is 0 Å². The summed E-state index contributed by atoms with van der Waals surface area (Å²) in [6, 6.07) is 1.47. The van der Waals surface area contributed by atoms with Crippen LogP contribution in [0.1, 0.15) is 52.4 Å². The van der Waals surface area contributed by atoms with Crippen molar-refractivity contribution in [2.24, 2.45) is 0 Å². The predicted octanol–water partition coefficient (Wildman–Crippen LogP) is 2.57. The third-order valence-electron chi connectivity index (χ3n) is 4.37. The van der Waals surface area contributed by atoms with E-state index in [4.69, 9.17) is 0 Å². The summed E-state index contributed by atoms with van der Waals surface area (Å²) in [5.74, 6) is 0. The van der Waals surface area contributed by atoms with E-state index in [2.05, 4.69) is 43.1 Å². The van der Waals surface area contributed by atoms with Crippen molar-refractivity contribution in [3.8, 4) is 0 Å². The van der Waals surface area contributed by atoms with Crippen LogP contribution in [0.5, 0.6) is 0 Å². The molecule has 0 saturated heterocycles. The van der Waals surface area contributed by atoms with E-state index in [1.54, 1.807) is 0 Å². The molecule has 0 aromatic rings. The van der Waals surface area contributed by atoms with Crippen molar-refractivity contribution in [1.29, 1.82) is 0 Å². The lowest BCUT2D eigenvalue weighted by Crippen LogP contribution is -2.50. The zero-order valence-corrected chi connectivity index (χ0v) is 13.6. The molecule has 3 heteroatoms. The molecule has 114 valence electrons. The molecule has 0 bridgehead atoms. The molecule has 0 amide bonds. The Labute approximate surface area is 120 Å². The summed E-state index contributed by atoms with van der Waals surface area (Å²) >= 11 is 0. The van der Waals surface area contributed by atoms with Crippen LogP contribution < -0.4 is 5.32 Å². The second kappa shape index (κ2) is 9.73. The highest BCUT2D eigenvalue weighted by molar-refractivity contribution is 4.86. The zero-order valence-electron chi connectivity index (χ0n) is 13.6. The minimum atomic E-state index is 0.715. The van der Waals surface area contributed by atoms with Crippen molar-refractivity contribution < 1.29 is 0 Å². The molecule has 0 radical (unpaired) electrons. The molecule has 0 spiro atoms. The maximum atomic E-state index is 3.74. The summed E-state index contributed by atoms with van der Waals surface area (Å²) < 4.78 is 0. The van der Waals surface area contributed by atoms with Crippen LogP contribution in [0, 0.1) is 0 Å². The molecular weight excluding hydrogens is 234 g/mol. The van der Waals surface area contributed by atoms with Gasteiger partial charge in [0.2, 0.25) is 0 Å². The molecule has 2 atom stereocenters. The Bertz CT molecular complexity index is 218. The van der Waals surface area contributed by atoms with Crippen molar-refractivity contribution in [2.75, 3.05) is 40.3 Å². The number of nitrogens with one attached hydrogen (secondary N) is 1. The van der Waals surface area contributed by atoms with Crippen LogP contribution in [0.25, 0.3) is 0 Å². The number of likely N-dealkylation sites (N-methyl/N-ethyl adjacent to an activating group) is 2. The van der Waals surface area contributed by atoms with E-state index in [0.29, 0.717) is 6.04 Å². The molecule has 3 nitrogen and oxygen atoms in total. The van der Waals surface area contributed by atoms with Crippen molar-refractivity contribution in [3.05, 3.63) is 0 Å². The number of nitrogens with zero attached hydrogens (tertiary/aromatic N) is 2. The van der Waals surface area contributed by atoms with Crippen LogP contribution in [-0.4, -0.2) is 62.2 Å². The maximum absolute atomic E-state index is 3.74. The minimum Gasteiger partial charge on any atom is -0.313 e. The molecule has 1 rings (SSSR count). The molecular formula is C16H35N3. The Morgan fingerprint density at radius 2 is 1.74 bits per heavy atom. The van der Waals surface area contributed by atoms with Crippen LogP contribution in [0.3, 0.4) is 0 Å². The van der Waals surface area contributed by atoms with Gasteiger partial charge in [-0.15, -0.1) is 0 Å². The molecule has 1 saturated carbocycles. The van der Waals surface area contributed by atoms with Gasteiger partial charge in [0.25, 0.3) is 0 Å². The first kappa shape index (κ1) is 16.9. The average molecular weight is 269 g/mol. The minimum absolute atomic E-state index is 0.715. The molecule has 0 aromatic heterocycles. The first-order valence-corrected chi connectivity index (χ1v) is 8.31. The lowest BCUT2D eigenvalue weighted by atomic mass is 10.0. The van der Waals surface area contributed by atoms with Gasteiger partial charge in [-0.05, 0) is 59.5 Å². The van der Waals surface area contributed by atoms with E-state index < -0.39 is 0 Å². The third kappa shape index (κ3) is 6.24. The fourth-order valence-corrected chi connectivity index (χ4v) is 3.37. The number of rotatable bonds is 8. The number of hydrogen-bond acceptors (Lipinski definition) is 3. The molecule has 1 N–H and O–H groups in total. The quantitative estimate of drug-likeness (QED) is 0.683. The SMILES string of the molecule is CCNC1CCCCCC1N(CC)CCCN(C)C. The Morgan fingerprint density at radius 1 is 1.00 bits per heavy atom. The van der Waals surface area contributed by atoms with Crippen molar-refractivity contribution >= 4 is 0 Å². The first-order valence-electron chi connectivity index (χ1n) is 8.31. The second-order valence-electron chi connectivity index (χ2n) is 6.15. The molecule has 19 heavy (non-hydrogen) atoms. The highest BCUT2D eigenvalue weighted by Crippen LogP contribution is 2.22. The highest BCUT2D eigenvalue weighted by atomic mass is 15.2. The smallest absolute Gasteiger partial charge is 0.0249 e. The fraction of sp³-hybridized carbons (Fsp3) is 1.00. The molecule has 1 fully saturated rings. The highest BCUT2D eigenvalue weighted by Gasteiger charge is 2.27. The molecule has 0 aliphatic heterocycles. The number of hydrogen-bond donors (Lipinski definition) is 1. The van der Waals surface area contributed by atoms with E-state index in [0.717, 1.165) is 12.6 Å². The molecule has 2 unspecified atom stereocenters. The zero-order chi connectivity index (χ0) is 14.1. The van der Waals surface area contributed by atoms with E-state index in [-0.39, 0.29) is 0 Å². The van der Waals surface area contributed by atoms with Gasteiger partial charge in [0, 0.05) is 12.1 Å². The van der Waals surface area contributed by atoms with Gasteiger partial charge in [-0.25, -0.2) is 0 Å². The summed E-state index contributed by atoms with van der Waals surface area (Å²) in [7, 11) is 4.34. The van der Waals surface area contributed by atoms with Gasteiger partial charge in [-0.2, -0.15) is 0 Å². The summed E-state index contributed by atoms with van der Waals surface area (Å²) in [6.45, 7) is 9.32. The Kier molecular flexibility index (Phi) is 8.67. The summed E-state index contributed by atoms with van der Waals surface area (Å²) in [5.41, 5.74) is 0. The van der Waals surface area contributed by atoms with Crippen LogP contribution in [0.15, 0.2) is 0 Å². The second-order valence-corrected chi connectivity index (χ2v) is 6.15. The fourth-order valence-electron chi connectivity index (χ4n) is 3.37. The molecule has 1 aliphatic carbocycles. The van der Waals surface area contributed by atoms with E-state index in [1.165, 1.54) is 58.2 Å². The Balaban J connectivity index is 2.52. The lowest BCUT2D eigenvalue weighted by molar-refractivity contribution is 0.150. The largest absolute Gasteiger partial charge is 0.313 e. The van der Waals surface area contributed by atoms with Gasteiger partial charge < -0.3 is 10.2 Å². The van der Waals surface area contributed by atoms with Crippen LogP contribution in [-0.2, 0) is 0 Å². The van der Waals surface area contributed by atoms with Crippen LogP contribution in [0.4, 0.5) is 0 Å². The molecule has 0 aromatic carbocycles. The normalized spacial score (nSPS) is 24.9. The molecule has 1 aliphatic rings. The van der Waals surface area contributed by atoms with E-state index in [9.17, 15) is 0 Å². The van der Waals surface area contributed by atoms with Gasteiger partial charge in [0.05, 0.1) is 0 Å². The first-order chi connectivity index (χ1) is 9.19. The third-order valence-corrected chi connectivity index (χ3v) is 4.37. The van der Waals surface area contributed by atoms with E-state index >= 15 is 0 Å². The summed E-state index contributed by atoms with van der Waals surface area (Å²) in [4.78, 5) is 5.02. The Morgan fingerprint density at radius 3 is 2.37 bits per heavy atom. The van der Waals surface area contributed by atoms with Crippen LogP contribution >= 0.6 is 0 Å². The summed E-state index contributed by atoms with van der Waals surface area (Å²) in [6.07, 6.45) is 8.28. The molecule has 0 heterocycles. The maximum Gasteiger partial charge on any atom is 0.0249 e. The monoisotopic (exact) mass is 269 g/mol. The Hall–Kier alpha value is -0.120. The van der Waals surface area contributed by atoms with E-state index in [1.807, 2.05) is 0 Å². The topological polar surface area (TPSA) is 18.5 Å².